The van der Waals surface area contributed by atoms with Gasteiger partial charge in [-0.15, -0.1) is 0 Å². The molecule has 5 rings (SSSR count). The van der Waals surface area contributed by atoms with Crippen LogP contribution in [0.15, 0.2) is 24.3 Å². The molecule has 4 heterocycles. The highest BCUT2D eigenvalue weighted by Crippen LogP contribution is 2.42. The maximum atomic E-state index is 11.8. The van der Waals surface area contributed by atoms with E-state index in [4.69, 9.17) is 19.3 Å². The zero-order valence-electron chi connectivity index (χ0n) is 18.8. The van der Waals surface area contributed by atoms with Crippen molar-refractivity contribution in [3.8, 4) is 22.8 Å². The number of fused-ring (bicyclic) bond motifs is 3. The number of carbonyl (C=O) groups is 1. The molecule has 168 valence electrons. The molecule has 8 nitrogen and oxygen atoms in total. The number of ether oxygens (including phenoxy) is 3. The van der Waals surface area contributed by atoms with Gasteiger partial charge in [-0.1, -0.05) is 0 Å². The van der Waals surface area contributed by atoms with E-state index in [1.54, 1.807) is 21.3 Å². The number of nitrogens with one attached hydrogen (secondary N) is 1. The minimum absolute atomic E-state index is 0.0482. The molecule has 0 spiro atoms. The molecule has 0 aliphatic carbocycles. The minimum atomic E-state index is -0.0482. The number of aromatic nitrogens is 2. The van der Waals surface area contributed by atoms with Gasteiger partial charge in [0.25, 0.3) is 0 Å². The number of aryl methyl sites for hydroxylation is 1. The Balaban J connectivity index is 1.48. The molecule has 3 saturated heterocycles. The van der Waals surface area contributed by atoms with Crippen molar-refractivity contribution in [2.24, 2.45) is 13.0 Å². The number of carbonyl (C=O) groups excluding carboxylic acids is 1. The highest BCUT2D eigenvalue weighted by atomic mass is 16.5. The third-order valence-corrected chi connectivity index (χ3v) is 6.66. The summed E-state index contributed by atoms with van der Waals surface area (Å²) in [6.07, 6.45) is 2.28. The fourth-order valence-corrected chi connectivity index (χ4v) is 5.06. The molecule has 2 aromatic rings. The molecule has 0 radical (unpaired) electrons. The maximum absolute atomic E-state index is 11.8. The van der Waals surface area contributed by atoms with Crippen LogP contribution in [-0.2, 0) is 16.6 Å². The third-order valence-electron chi connectivity index (χ3n) is 6.66. The molecule has 1 aromatic heterocycles. The first kappa shape index (κ1) is 21.6. The second kappa shape index (κ2) is 9.28. The van der Waals surface area contributed by atoms with Crippen LogP contribution < -0.4 is 14.8 Å². The van der Waals surface area contributed by atoms with E-state index < -0.39 is 0 Å². The number of nitrogens with zero attached hydrogens (tertiary/aromatic N) is 3. The molecule has 3 aliphatic rings. The van der Waals surface area contributed by atoms with Gasteiger partial charge >= 0.3 is 0 Å². The van der Waals surface area contributed by atoms with Gasteiger partial charge in [0, 0.05) is 50.5 Å². The van der Waals surface area contributed by atoms with Gasteiger partial charge in [-0.3, -0.25) is 14.4 Å². The number of rotatable bonds is 8. The summed E-state index contributed by atoms with van der Waals surface area (Å²) in [5, 5.41) is 7.81. The van der Waals surface area contributed by atoms with Crippen LogP contribution >= 0.6 is 0 Å². The topological polar surface area (TPSA) is 77.8 Å². The van der Waals surface area contributed by atoms with Crippen LogP contribution in [0.1, 0.15) is 24.5 Å². The van der Waals surface area contributed by atoms with Crippen LogP contribution in [0.25, 0.3) is 11.3 Å². The molecule has 3 aliphatic heterocycles. The number of hydrogen-bond acceptors (Lipinski definition) is 6. The van der Waals surface area contributed by atoms with Gasteiger partial charge in [-0.2, -0.15) is 5.10 Å². The molecule has 1 unspecified atom stereocenters. The first-order valence-corrected chi connectivity index (χ1v) is 10.8. The largest absolute Gasteiger partial charge is 0.493 e. The van der Waals surface area contributed by atoms with Crippen molar-refractivity contribution in [1.29, 1.82) is 0 Å². The molecule has 1 aromatic carbocycles. The van der Waals surface area contributed by atoms with Gasteiger partial charge in [-0.25, -0.2) is 0 Å². The van der Waals surface area contributed by atoms with E-state index >= 15 is 0 Å². The summed E-state index contributed by atoms with van der Waals surface area (Å²) in [6.45, 7) is 2.90. The molecule has 31 heavy (non-hydrogen) atoms. The fourth-order valence-electron chi connectivity index (χ4n) is 5.06. The van der Waals surface area contributed by atoms with E-state index in [0.717, 1.165) is 30.8 Å². The Hall–Kier alpha value is -2.58. The van der Waals surface area contributed by atoms with Crippen LogP contribution in [0, 0.1) is 5.92 Å². The summed E-state index contributed by atoms with van der Waals surface area (Å²) >= 11 is 0. The number of piperidine rings is 3. The van der Waals surface area contributed by atoms with Crippen molar-refractivity contribution in [3.05, 3.63) is 30.0 Å². The monoisotopic (exact) mass is 428 g/mol. The summed E-state index contributed by atoms with van der Waals surface area (Å²) in [7, 11) is 6.85. The Morgan fingerprint density at radius 2 is 2.00 bits per heavy atom. The Bertz CT molecular complexity index is 928. The average Bonchev–Trinajstić information content (AvgIpc) is 3.19. The molecular formula is C23H32N4O4. The van der Waals surface area contributed by atoms with Gasteiger partial charge in [0.1, 0.15) is 6.61 Å². The fraction of sp³-hybridized carbons (Fsp3) is 0.565. The van der Waals surface area contributed by atoms with Crippen LogP contribution in [0.2, 0.25) is 0 Å². The zero-order chi connectivity index (χ0) is 22.0. The lowest BCUT2D eigenvalue weighted by Crippen LogP contribution is -2.56. The maximum Gasteiger partial charge on any atom is 0.246 e. The lowest BCUT2D eigenvalue weighted by atomic mass is 9.74. The van der Waals surface area contributed by atoms with Crippen LogP contribution in [-0.4, -0.2) is 74.2 Å². The Morgan fingerprint density at radius 1 is 1.19 bits per heavy atom. The second-order valence-electron chi connectivity index (χ2n) is 8.42. The second-order valence-corrected chi connectivity index (χ2v) is 8.42. The number of methoxy groups -OCH3 is 3. The highest BCUT2D eigenvalue weighted by Gasteiger charge is 2.41. The molecule has 0 saturated carbocycles. The predicted octanol–water partition coefficient (Wildman–Crippen LogP) is 2.04. The molecule has 4 atom stereocenters. The van der Waals surface area contributed by atoms with Gasteiger partial charge in [0.05, 0.1) is 19.9 Å². The quantitative estimate of drug-likeness (QED) is 0.693. The number of benzene rings is 1. The van der Waals surface area contributed by atoms with Crippen molar-refractivity contribution in [2.45, 2.75) is 24.8 Å². The summed E-state index contributed by atoms with van der Waals surface area (Å²) in [5.41, 5.74) is 3.22. The molecule has 2 bridgehead atoms. The predicted molar refractivity (Wildman–Crippen MR) is 117 cm³/mol. The van der Waals surface area contributed by atoms with Crippen molar-refractivity contribution in [3.63, 3.8) is 0 Å². The molecule has 3 fully saturated rings. The smallest absolute Gasteiger partial charge is 0.246 e. The van der Waals surface area contributed by atoms with E-state index in [1.807, 2.05) is 29.9 Å². The minimum Gasteiger partial charge on any atom is -0.493 e. The normalized spacial score (nSPS) is 24.8. The summed E-state index contributed by atoms with van der Waals surface area (Å²) in [5.74, 6) is 2.42. The van der Waals surface area contributed by atoms with Crippen LogP contribution in [0.3, 0.4) is 0 Å². The summed E-state index contributed by atoms with van der Waals surface area (Å²) in [4.78, 5) is 14.3. The van der Waals surface area contributed by atoms with Crippen molar-refractivity contribution in [2.75, 3.05) is 47.6 Å². The molecule has 8 heteroatoms. The molecule has 1 amide bonds. The van der Waals surface area contributed by atoms with E-state index in [-0.39, 0.29) is 12.5 Å². The van der Waals surface area contributed by atoms with Gasteiger partial charge in [-0.05, 0) is 49.6 Å². The Morgan fingerprint density at radius 3 is 2.68 bits per heavy atom. The van der Waals surface area contributed by atoms with Gasteiger partial charge in [0.2, 0.25) is 5.91 Å². The lowest BCUT2D eigenvalue weighted by molar-refractivity contribution is -0.125. The number of amides is 1. The zero-order valence-corrected chi connectivity index (χ0v) is 18.8. The van der Waals surface area contributed by atoms with Crippen LogP contribution in [0.4, 0.5) is 0 Å². The van der Waals surface area contributed by atoms with Crippen molar-refractivity contribution < 1.29 is 19.0 Å². The van der Waals surface area contributed by atoms with E-state index in [0.29, 0.717) is 35.9 Å². The van der Waals surface area contributed by atoms with Crippen LogP contribution in [0.5, 0.6) is 11.5 Å². The van der Waals surface area contributed by atoms with Gasteiger partial charge < -0.3 is 19.5 Å². The standard InChI is InChI=1S/C23H32N4O4/c1-26-20(11-19(25-26)16-5-6-21(30-3)22(10-16)31-4)18-13-27-8-7-15(18)9-17(27)12-24-23(28)14-29-2/h5-6,10-11,15,17-18H,7-9,12-14H2,1-4H3,(H,24,28)/t15-,17+,18-/m0/s1. The molecule has 1 N–H and O–H groups in total. The lowest BCUT2D eigenvalue weighted by Gasteiger charge is -2.50. The third kappa shape index (κ3) is 4.41. The van der Waals surface area contributed by atoms with E-state index in [2.05, 4.69) is 16.3 Å². The summed E-state index contributed by atoms with van der Waals surface area (Å²) in [6, 6.07) is 8.51. The Labute approximate surface area is 183 Å². The van der Waals surface area contributed by atoms with E-state index in [9.17, 15) is 4.79 Å². The highest BCUT2D eigenvalue weighted by molar-refractivity contribution is 5.77. The van der Waals surface area contributed by atoms with E-state index in [1.165, 1.54) is 12.1 Å². The first-order chi connectivity index (χ1) is 15.0. The number of hydrogen-bond donors (Lipinski definition) is 1. The average molecular weight is 429 g/mol. The SMILES string of the molecule is COCC(=O)NC[C@H]1C[C@@H]2CCN1C[C@@H]2c1cc(-c2ccc(OC)c(OC)c2)nn1C. The summed E-state index contributed by atoms with van der Waals surface area (Å²) < 4.78 is 17.7. The first-order valence-electron chi connectivity index (χ1n) is 10.8. The molecular weight excluding hydrogens is 396 g/mol. The van der Waals surface area contributed by atoms with Crippen molar-refractivity contribution >= 4 is 5.91 Å². The van der Waals surface area contributed by atoms with Gasteiger partial charge in [0.15, 0.2) is 11.5 Å². The van der Waals surface area contributed by atoms with Crippen molar-refractivity contribution in [1.82, 2.24) is 20.0 Å². The Kier molecular flexibility index (Phi) is 6.48.